The van der Waals surface area contributed by atoms with E-state index in [1.807, 2.05) is 12.1 Å². The highest BCUT2D eigenvalue weighted by atomic mass is 32.2. The number of rotatable bonds is 4. The predicted molar refractivity (Wildman–Crippen MR) is 90.8 cm³/mol. The first kappa shape index (κ1) is 16.6. The summed E-state index contributed by atoms with van der Waals surface area (Å²) >= 11 is 0. The van der Waals surface area contributed by atoms with Gasteiger partial charge >= 0.3 is 0 Å². The maximum atomic E-state index is 12.6. The fraction of sp³-hybridized carbons (Fsp3) is 0.562. The molecule has 134 valence electrons. The predicted octanol–water partition coefficient (Wildman–Crippen LogP) is 1.65. The molecule has 2 aliphatic heterocycles. The van der Waals surface area contributed by atoms with Gasteiger partial charge in [0.2, 0.25) is 11.7 Å². The standard InChI is InChI=1S/C16H21N5O3S/c1-20(2)25(22,23)21-13-3-4-14(21)10-12(9-13)16-18-15(19-24-16)11-5-7-17-8-6-11/h5-8,12-14H,3-4,9-10H2,1-2H3. The van der Waals surface area contributed by atoms with Gasteiger partial charge in [0.25, 0.3) is 10.2 Å². The summed E-state index contributed by atoms with van der Waals surface area (Å²) < 4.78 is 33.6. The van der Waals surface area contributed by atoms with Crippen LogP contribution in [0.1, 0.15) is 37.5 Å². The van der Waals surface area contributed by atoms with Crippen LogP contribution in [-0.4, -0.2) is 58.3 Å². The number of nitrogens with zero attached hydrogens (tertiary/aromatic N) is 5. The summed E-state index contributed by atoms with van der Waals surface area (Å²) in [6, 6.07) is 3.69. The highest BCUT2D eigenvalue weighted by Gasteiger charge is 2.48. The second-order valence-corrected chi connectivity index (χ2v) is 8.91. The minimum Gasteiger partial charge on any atom is -0.339 e. The second kappa shape index (κ2) is 6.15. The van der Waals surface area contributed by atoms with Crippen LogP contribution in [0.3, 0.4) is 0 Å². The molecule has 0 aromatic carbocycles. The molecule has 9 heteroatoms. The highest BCUT2D eigenvalue weighted by molar-refractivity contribution is 7.86. The lowest BCUT2D eigenvalue weighted by Crippen LogP contribution is -2.50. The van der Waals surface area contributed by atoms with Gasteiger partial charge in [-0.25, -0.2) is 0 Å². The lowest BCUT2D eigenvalue weighted by molar-refractivity contribution is 0.194. The Kier molecular flexibility index (Phi) is 4.09. The van der Waals surface area contributed by atoms with Crippen molar-refractivity contribution in [2.75, 3.05) is 14.1 Å². The van der Waals surface area contributed by atoms with Crippen LogP contribution in [-0.2, 0) is 10.2 Å². The van der Waals surface area contributed by atoms with Crippen LogP contribution < -0.4 is 0 Å². The Morgan fingerprint density at radius 3 is 2.40 bits per heavy atom. The van der Waals surface area contributed by atoms with E-state index in [4.69, 9.17) is 4.52 Å². The van der Waals surface area contributed by atoms with Crippen molar-refractivity contribution < 1.29 is 12.9 Å². The molecule has 0 N–H and O–H groups in total. The Hall–Kier alpha value is -1.84. The molecule has 0 amide bonds. The maximum absolute atomic E-state index is 12.6. The highest BCUT2D eigenvalue weighted by Crippen LogP contribution is 2.44. The van der Waals surface area contributed by atoms with E-state index >= 15 is 0 Å². The van der Waals surface area contributed by atoms with E-state index in [9.17, 15) is 8.42 Å². The lowest BCUT2D eigenvalue weighted by Gasteiger charge is -2.37. The summed E-state index contributed by atoms with van der Waals surface area (Å²) in [5, 5.41) is 4.07. The van der Waals surface area contributed by atoms with Crippen molar-refractivity contribution in [1.82, 2.24) is 23.7 Å². The molecule has 0 radical (unpaired) electrons. The minimum atomic E-state index is -3.39. The Labute approximate surface area is 147 Å². The van der Waals surface area contributed by atoms with Gasteiger partial charge in [0.15, 0.2) is 0 Å². The van der Waals surface area contributed by atoms with Crippen LogP contribution in [0.15, 0.2) is 29.0 Å². The summed E-state index contributed by atoms with van der Waals surface area (Å²) in [6.07, 6.45) is 6.61. The van der Waals surface area contributed by atoms with Crippen molar-refractivity contribution in [3.05, 3.63) is 30.4 Å². The maximum Gasteiger partial charge on any atom is 0.281 e. The number of pyridine rings is 1. The third-order valence-electron chi connectivity index (χ3n) is 5.12. The van der Waals surface area contributed by atoms with E-state index in [1.165, 1.54) is 4.31 Å². The lowest BCUT2D eigenvalue weighted by atomic mass is 9.92. The third kappa shape index (κ3) is 2.86. The van der Waals surface area contributed by atoms with Crippen LogP contribution in [0, 0.1) is 0 Å². The first-order chi connectivity index (χ1) is 12.0. The van der Waals surface area contributed by atoms with Crippen LogP contribution in [0.25, 0.3) is 11.4 Å². The first-order valence-electron chi connectivity index (χ1n) is 8.42. The molecule has 0 aliphatic carbocycles. The van der Waals surface area contributed by atoms with Gasteiger partial charge < -0.3 is 4.52 Å². The van der Waals surface area contributed by atoms with E-state index in [2.05, 4.69) is 15.1 Å². The molecule has 2 aliphatic rings. The molecule has 4 rings (SSSR count). The average molecular weight is 363 g/mol. The van der Waals surface area contributed by atoms with Crippen LogP contribution >= 0.6 is 0 Å². The van der Waals surface area contributed by atoms with Crippen LogP contribution in [0.4, 0.5) is 0 Å². The van der Waals surface area contributed by atoms with Crippen molar-refractivity contribution >= 4 is 10.2 Å². The van der Waals surface area contributed by atoms with Gasteiger partial charge in [-0.3, -0.25) is 4.98 Å². The normalized spacial score (nSPS) is 27.1. The zero-order valence-corrected chi connectivity index (χ0v) is 15.1. The third-order valence-corrected chi connectivity index (χ3v) is 7.18. The van der Waals surface area contributed by atoms with E-state index in [0.717, 1.165) is 31.2 Å². The first-order valence-corrected chi connectivity index (χ1v) is 9.81. The number of piperidine rings is 1. The molecular weight excluding hydrogens is 342 g/mol. The number of hydrogen-bond acceptors (Lipinski definition) is 6. The van der Waals surface area contributed by atoms with Crippen molar-refractivity contribution in [2.24, 2.45) is 0 Å². The van der Waals surface area contributed by atoms with E-state index < -0.39 is 10.2 Å². The van der Waals surface area contributed by atoms with Gasteiger partial charge in [0, 0.05) is 50.1 Å². The van der Waals surface area contributed by atoms with Crippen molar-refractivity contribution in [1.29, 1.82) is 0 Å². The summed E-state index contributed by atoms with van der Waals surface area (Å²) in [6.45, 7) is 0. The zero-order chi connectivity index (χ0) is 17.6. The minimum absolute atomic E-state index is 0.00688. The van der Waals surface area contributed by atoms with Gasteiger partial charge in [-0.05, 0) is 37.8 Å². The van der Waals surface area contributed by atoms with E-state index in [0.29, 0.717) is 11.7 Å². The molecular formula is C16H21N5O3S. The van der Waals surface area contributed by atoms with Crippen molar-refractivity contribution in [2.45, 2.75) is 43.7 Å². The molecule has 2 aromatic rings. The molecule has 2 fully saturated rings. The monoisotopic (exact) mass is 363 g/mol. The van der Waals surface area contributed by atoms with Gasteiger partial charge in [-0.15, -0.1) is 0 Å². The molecule has 2 atom stereocenters. The topological polar surface area (TPSA) is 92.4 Å². The quantitative estimate of drug-likeness (QED) is 0.820. The van der Waals surface area contributed by atoms with E-state index in [-0.39, 0.29) is 18.0 Å². The Balaban J connectivity index is 1.55. The second-order valence-electron chi connectivity index (χ2n) is 6.87. The number of fused-ring (bicyclic) bond motifs is 2. The molecule has 2 saturated heterocycles. The molecule has 2 aromatic heterocycles. The average Bonchev–Trinajstić information content (AvgIpc) is 3.19. The van der Waals surface area contributed by atoms with Crippen LogP contribution in [0.5, 0.6) is 0 Å². The van der Waals surface area contributed by atoms with Crippen molar-refractivity contribution in [3.63, 3.8) is 0 Å². The molecule has 25 heavy (non-hydrogen) atoms. The fourth-order valence-electron chi connectivity index (χ4n) is 3.92. The zero-order valence-electron chi connectivity index (χ0n) is 14.2. The van der Waals surface area contributed by atoms with Gasteiger partial charge in [0.05, 0.1) is 0 Å². The van der Waals surface area contributed by atoms with Gasteiger partial charge in [-0.1, -0.05) is 5.16 Å². The van der Waals surface area contributed by atoms with Crippen molar-refractivity contribution in [3.8, 4) is 11.4 Å². The molecule has 8 nitrogen and oxygen atoms in total. The SMILES string of the molecule is CN(C)S(=O)(=O)N1C2CCC1CC(c1nc(-c3ccncc3)no1)C2. The molecule has 2 unspecified atom stereocenters. The van der Waals surface area contributed by atoms with Crippen LogP contribution in [0.2, 0.25) is 0 Å². The Morgan fingerprint density at radius 1 is 1.16 bits per heavy atom. The largest absolute Gasteiger partial charge is 0.339 e. The summed E-state index contributed by atoms with van der Waals surface area (Å²) in [4.78, 5) is 8.53. The molecule has 2 bridgehead atoms. The molecule has 4 heterocycles. The van der Waals surface area contributed by atoms with Gasteiger partial charge in [0.1, 0.15) is 0 Å². The van der Waals surface area contributed by atoms with E-state index in [1.54, 1.807) is 30.8 Å². The fourth-order valence-corrected chi connectivity index (χ4v) is 5.43. The molecule has 0 saturated carbocycles. The summed E-state index contributed by atoms with van der Waals surface area (Å²) in [5.41, 5.74) is 0.862. The Bertz CT molecular complexity index is 838. The smallest absolute Gasteiger partial charge is 0.281 e. The number of hydrogen-bond donors (Lipinski definition) is 0. The molecule has 0 spiro atoms. The summed E-state index contributed by atoms with van der Waals surface area (Å²) in [5.74, 6) is 1.26. The number of aromatic nitrogens is 3. The summed E-state index contributed by atoms with van der Waals surface area (Å²) in [7, 11) is -0.220. The Morgan fingerprint density at radius 2 is 1.80 bits per heavy atom. The van der Waals surface area contributed by atoms with Gasteiger partial charge in [-0.2, -0.15) is 22.0 Å².